The molecule has 0 fully saturated rings. The normalized spacial score (nSPS) is 11.2. The largest absolute Gasteiger partial charge is 0.328 e. The van der Waals surface area contributed by atoms with Gasteiger partial charge in [-0.1, -0.05) is 42.1 Å². The van der Waals surface area contributed by atoms with E-state index in [9.17, 15) is 14.4 Å². The number of hydrogen-bond acceptors (Lipinski definition) is 5. The lowest BCUT2D eigenvalue weighted by molar-refractivity contribution is -0.113. The molecular weight excluding hydrogens is 450 g/mol. The van der Waals surface area contributed by atoms with Crippen LogP contribution in [0, 0.1) is 0 Å². The van der Waals surface area contributed by atoms with E-state index in [-0.39, 0.29) is 22.9 Å². The second-order valence-electron chi connectivity index (χ2n) is 7.83. The summed E-state index contributed by atoms with van der Waals surface area (Å²) in [6.45, 7) is 0. The summed E-state index contributed by atoms with van der Waals surface area (Å²) in [7, 11) is 3.41. The van der Waals surface area contributed by atoms with Crippen molar-refractivity contribution >= 4 is 45.3 Å². The van der Waals surface area contributed by atoms with Crippen molar-refractivity contribution in [2.24, 2.45) is 14.1 Å². The van der Waals surface area contributed by atoms with Crippen LogP contribution in [0.25, 0.3) is 27.6 Å². The summed E-state index contributed by atoms with van der Waals surface area (Å²) < 4.78 is 4.63. The van der Waals surface area contributed by atoms with Crippen molar-refractivity contribution in [3.63, 3.8) is 0 Å². The molecule has 5 aromatic rings. The van der Waals surface area contributed by atoms with Gasteiger partial charge in [0.1, 0.15) is 0 Å². The minimum absolute atomic E-state index is 0.0589. The SMILES string of the molecule is Cn1c(=O)n(C)c2cc(NC(=O)CSc3nc4ccccc4c(=O)n3-c3ccccc3)ccc21. The number of rotatable bonds is 5. The first-order valence-corrected chi connectivity index (χ1v) is 11.6. The number of anilines is 1. The molecule has 34 heavy (non-hydrogen) atoms. The van der Waals surface area contributed by atoms with E-state index in [1.54, 1.807) is 55.1 Å². The highest BCUT2D eigenvalue weighted by Crippen LogP contribution is 2.22. The van der Waals surface area contributed by atoms with E-state index in [0.29, 0.717) is 27.4 Å². The maximum absolute atomic E-state index is 13.3. The Hall–Kier alpha value is -4.11. The summed E-state index contributed by atoms with van der Waals surface area (Å²) in [5.41, 5.74) is 3.05. The first-order valence-electron chi connectivity index (χ1n) is 10.6. The van der Waals surface area contributed by atoms with Crippen LogP contribution in [-0.2, 0) is 18.9 Å². The molecule has 0 bridgehead atoms. The third-order valence-electron chi connectivity index (χ3n) is 5.65. The Kier molecular flexibility index (Phi) is 5.54. The summed E-state index contributed by atoms with van der Waals surface area (Å²) in [4.78, 5) is 42.8. The van der Waals surface area contributed by atoms with Crippen molar-refractivity contribution in [2.75, 3.05) is 11.1 Å². The Morgan fingerprint density at radius 2 is 1.62 bits per heavy atom. The molecule has 1 amide bonds. The quantitative estimate of drug-likeness (QED) is 0.314. The Bertz CT molecular complexity index is 1670. The van der Waals surface area contributed by atoms with Gasteiger partial charge in [-0.3, -0.25) is 23.3 Å². The van der Waals surface area contributed by atoms with Gasteiger partial charge < -0.3 is 5.32 Å². The second-order valence-corrected chi connectivity index (χ2v) is 8.77. The van der Waals surface area contributed by atoms with Crippen molar-refractivity contribution < 1.29 is 4.79 Å². The summed E-state index contributed by atoms with van der Waals surface area (Å²) in [6.07, 6.45) is 0. The van der Waals surface area contributed by atoms with Gasteiger partial charge in [0.15, 0.2) is 5.16 Å². The maximum Gasteiger partial charge on any atom is 0.328 e. The molecule has 0 aliphatic carbocycles. The molecule has 1 N–H and O–H groups in total. The third-order valence-corrected chi connectivity index (χ3v) is 6.59. The maximum atomic E-state index is 13.3. The molecule has 3 aromatic carbocycles. The Morgan fingerprint density at radius 3 is 2.41 bits per heavy atom. The van der Waals surface area contributed by atoms with Crippen LogP contribution in [0.3, 0.4) is 0 Å². The van der Waals surface area contributed by atoms with E-state index in [4.69, 9.17) is 0 Å². The number of para-hydroxylation sites is 2. The Balaban J connectivity index is 1.43. The number of hydrogen-bond donors (Lipinski definition) is 1. The number of benzene rings is 3. The molecule has 2 heterocycles. The monoisotopic (exact) mass is 471 g/mol. The minimum atomic E-state index is -0.243. The summed E-state index contributed by atoms with van der Waals surface area (Å²) in [5.74, 6) is -0.184. The lowest BCUT2D eigenvalue weighted by Gasteiger charge is -2.13. The van der Waals surface area contributed by atoms with Crippen LogP contribution in [0.1, 0.15) is 0 Å². The van der Waals surface area contributed by atoms with Crippen LogP contribution in [0.4, 0.5) is 5.69 Å². The van der Waals surface area contributed by atoms with Gasteiger partial charge in [0.05, 0.1) is 33.4 Å². The number of amides is 1. The van der Waals surface area contributed by atoms with Crippen LogP contribution < -0.4 is 16.6 Å². The van der Waals surface area contributed by atoms with Gasteiger partial charge in [-0.25, -0.2) is 9.78 Å². The van der Waals surface area contributed by atoms with Gasteiger partial charge in [0, 0.05) is 19.8 Å². The van der Waals surface area contributed by atoms with E-state index < -0.39 is 0 Å². The smallest absolute Gasteiger partial charge is 0.325 e. The van der Waals surface area contributed by atoms with Crippen LogP contribution in [0.5, 0.6) is 0 Å². The van der Waals surface area contributed by atoms with E-state index in [1.807, 2.05) is 36.4 Å². The summed E-state index contributed by atoms with van der Waals surface area (Å²) in [6, 6.07) is 21.8. The molecule has 0 spiro atoms. The average molecular weight is 472 g/mol. The van der Waals surface area contributed by atoms with Crippen molar-refractivity contribution in [2.45, 2.75) is 5.16 Å². The Labute approximate surface area is 198 Å². The first kappa shape index (κ1) is 21.7. The lowest BCUT2D eigenvalue weighted by Crippen LogP contribution is -2.22. The molecule has 0 aliphatic rings. The van der Waals surface area contributed by atoms with Crippen molar-refractivity contribution in [3.8, 4) is 5.69 Å². The molecule has 0 aliphatic heterocycles. The molecule has 0 saturated carbocycles. The minimum Gasteiger partial charge on any atom is -0.325 e. The van der Waals surface area contributed by atoms with Gasteiger partial charge in [0.2, 0.25) is 5.91 Å². The fourth-order valence-electron chi connectivity index (χ4n) is 3.93. The zero-order valence-corrected chi connectivity index (χ0v) is 19.4. The van der Waals surface area contributed by atoms with Gasteiger partial charge >= 0.3 is 5.69 Å². The lowest BCUT2D eigenvalue weighted by atomic mass is 10.2. The predicted octanol–water partition coefficient (Wildman–Crippen LogP) is 3.31. The number of aryl methyl sites for hydroxylation is 2. The van der Waals surface area contributed by atoms with Crippen molar-refractivity contribution in [1.29, 1.82) is 0 Å². The number of thioether (sulfide) groups is 1. The predicted molar refractivity (Wildman–Crippen MR) is 135 cm³/mol. The van der Waals surface area contributed by atoms with Crippen molar-refractivity contribution in [3.05, 3.63) is 93.6 Å². The van der Waals surface area contributed by atoms with Gasteiger partial charge in [-0.05, 0) is 42.5 Å². The van der Waals surface area contributed by atoms with Crippen LogP contribution in [0.15, 0.2) is 87.5 Å². The highest BCUT2D eigenvalue weighted by molar-refractivity contribution is 7.99. The molecule has 0 unspecified atom stereocenters. The molecular formula is C25H21N5O3S. The van der Waals surface area contributed by atoms with E-state index in [0.717, 1.165) is 11.0 Å². The fourth-order valence-corrected chi connectivity index (χ4v) is 4.74. The van der Waals surface area contributed by atoms with Gasteiger partial charge in [-0.15, -0.1) is 0 Å². The number of imidazole rings is 1. The molecule has 0 atom stereocenters. The average Bonchev–Trinajstić information content (AvgIpc) is 3.07. The highest BCUT2D eigenvalue weighted by atomic mass is 32.2. The van der Waals surface area contributed by atoms with Crippen LogP contribution in [0.2, 0.25) is 0 Å². The number of carbonyl (C=O) groups is 1. The zero-order chi connectivity index (χ0) is 23.8. The molecule has 5 rings (SSSR count). The highest BCUT2D eigenvalue weighted by Gasteiger charge is 2.15. The van der Waals surface area contributed by atoms with E-state index >= 15 is 0 Å². The molecule has 2 aromatic heterocycles. The fraction of sp³-hybridized carbons (Fsp3) is 0.120. The number of nitrogens with zero attached hydrogens (tertiary/aromatic N) is 4. The molecule has 170 valence electrons. The van der Waals surface area contributed by atoms with Crippen molar-refractivity contribution in [1.82, 2.24) is 18.7 Å². The van der Waals surface area contributed by atoms with E-state index in [2.05, 4.69) is 10.3 Å². The molecule has 9 heteroatoms. The number of carbonyl (C=O) groups excluding carboxylic acids is 1. The Morgan fingerprint density at radius 1 is 0.912 bits per heavy atom. The van der Waals surface area contributed by atoms with Crippen LogP contribution in [-0.4, -0.2) is 30.3 Å². The van der Waals surface area contributed by atoms with Gasteiger partial charge in [-0.2, -0.15) is 0 Å². The standard InChI is InChI=1S/C25H21N5O3S/c1-28-20-13-12-16(14-21(20)29(2)25(28)33)26-22(31)15-34-24-27-19-11-7-6-10-18(19)23(32)30(24)17-8-4-3-5-9-17/h3-14H,15H2,1-2H3,(H,26,31). The number of aromatic nitrogens is 4. The third kappa shape index (κ3) is 3.80. The topological polar surface area (TPSA) is 90.9 Å². The van der Waals surface area contributed by atoms with Gasteiger partial charge in [0.25, 0.3) is 5.56 Å². The molecule has 8 nitrogen and oxygen atoms in total. The number of nitrogens with one attached hydrogen (secondary N) is 1. The molecule has 0 radical (unpaired) electrons. The second kappa shape index (κ2) is 8.68. The van der Waals surface area contributed by atoms with Crippen LogP contribution >= 0.6 is 11.8 Å². The summed E-state index contributed by atoms with van der Waals surface area (Å²) in [5, 5.41) is 3.82. The van der Waals surface area contributed by atoms with E-state index in [1.165, 1.54) is 20.9 Å². The molecule has 0 saturated heterocycles. The zero-order valence-electron chi connectivity index (χ0n) is 18.6. The summed E-state index contributed by atoms with van der Waals surface area (Å²) >= 11 is 1.19. The number of fused-ring (bicyclic) bond motifs is 2. The first-order chi connectivity index (χ1) is 16.4.